The summed E-state index contributed by atoms with van der Waals surface area (Å²) in [5.41, 5.74) is 2.24. The Balaban J connectivity index is 1.35. The lowest BCUT2D eigenvalue weighted by atomic mass is 9.80. The summed E-state index contributed by atoms with van der Waals surface area (Å²) in [5, 5.41) is 16.2. The number of carboxylic acids is 1. The number of fused-ring (bicyclic) bond motifs is 1. The van der Waals surface area contributed by atoms with Gasteiger partial charge in [-0.15, -0.1) is 0 Å². The molecule has 2 N–H and O–H groups in total. The fourth-order valence-electron chi connectivity index (χ4n) is 5.11. The van der Waals surface area contributed by atoms with Gasteiger partial charge in [-0.2, -0.15) is 0 Å². The SMILES string of the molecule is C[C@@H](NCC1CCN(c2ncc(C(=O)O)s2)CC1c1cccc(F)c1)c1cccc2ccccc12. The van der Waals surface area contributed by atoms with E-state index in [1.54, 1.807) is 12.1 Å². The topological polar surface area (TPSA) is 65.5 Å². The third-order valence-electron chi connectivity index (χ3n) is 6.98. The van der Waals surface area contributed by atoms with E-state index < -0.39 is 5.97 Å². The van der Waals surface area contributed by atoms with Crippen LogP contribution < -0.4 is 10.2 Å². The van der Waals surface area contributed by atoms with Gasteiger partial charge in [0.1, 0.15) is 10.7 Å². The van der Waals surface area contributed by atoms with Gasteiger partial charge in [0.2, 0.25) is 0 Å². The second-order valence-electron chi connectivity index (χ2n) is 9.17. The summed E-state index contributed by atoms with van der Waals surface area (Å²) in [7, 11) is 0. The largest absolute Gasteiger partial charge is 0.477 e. The van der Waals surface area contributed by atoms with Crippen molar-refractivity contribution in [3.63, 3.8) is 0 Å². The molecule has 1 aliphatic heterocycles. The highest BCUT2D eigenvalue weighted by Gasteiger charge is 2.32. The molecule has 1 aromatic heterocycles. The van der Waals surface area contributed by atoms with Crippen LogP contribution in [0.15, 0.2) is 72.9 Å². The molecule has 3 aromatic carbocycles. The summed E-state index contributed by atoms with van der Waals surface area (Å²) in [4.78, 5) is 18.0. The molecule has 0 radical (unpaired) electrons. The highest BCUT2D eigenvalue weighted by atomic mass is 32.1. The van der Waals surface area contributed by atoms with Crippen LogP contribution in [0, 0.1) is 11.7 Å². The van der Waals surface area contributed by atoms with Crippen molar-refractivity contribution in [3.8, 4) is 0 Å². The number of carboxylic acid groups (broad SMARTS) is 1. The first-order valence-electron chi connectivity index (χ1n) is 11.9. The first-order chi connectivity index (χ1) is 17.0. The van der Waals surface area contributed by atoms with Gasteiger partial charge in [0.25, 0.3) is 0 Å². The van der Waals surface area contributed by atoms with Gasteiger partial charge in [-0.25, -0.2) is 14.2 Å². The standard InChI is InChI=1S/C28H28FN3O2S/c1-18(23-11-5-7-19-6-2-3-10-24(19)23)30-15-21-12-13-32(28-31-16-26(35-28)27(33)34)17-25(21)20-8-4-9-22(29)14-20/h2-11,14,16,18,21,25,30H,12-13,15,17H2,1H3,(H,33,34)/t18-,21?,25?/m1/s1. The van der Waals surface area contributed by atoms with E-state index >= 15 is 0 Å². The molecule has 35 heavy (non-hydrogen) atoms. The quantitative estimate of drug-likeness (QED) is 0.329. The molecule has 1 aliphatic rings. The van der Waals surface area contributed by atoms with Gasteiger partial charge in [0.05, 0.1) is 6.20 Å². The molecule has 2 unspecified atom stereocenters. The number of piperidine rings is 1. The summed E-state index contributed by atoms with van der Waals surface area (Å²) in [5.74, 6) is -0.789. The van der Waals surface area contributed by atoms with Crippen LogP contribution in [0.2, 0.25) is 0 Å². The Kier molecular flexibility index (Phi) is 6.79. The van der Waals surface area contributed by atoms with E-state index in [1.807, 2.05) is 6.07 Å². The number of aromatic nitrogens is 1. The number of benzene rings is 3. The zero-order valence-electron chi connectivity index (χ0n) is 19.5. The van der Waals surface area contributed by atoms with Crippen LogP contribution in [0.1, 0.15) is 46.1 Å². The number of halogens is 1. The third-order valence-corrected chi connectivity index (χ3v) is 8.03. The Bertz CT molecular complexity index is 1340. The van der Waals surface area contributed by atoms with Crippen molar-refractivity contribution >= 4 is 33.2 Å². The Morgan fingerprint density at radius 2 is 2.00 bits per heavy atom. The maximum Gasteiger partial charge on any atom is 0.347 e. The molecule has 3 atom stereocenters. The summed E-state index contributed by atoms with van der Waals surface area (Å²) in [6.07, 6.45) is 2.32. The van der Waals surface area contributed by atoms with Gasteiger partial charge < -0.3 is 15.3 Å². The summed E-state index contributed by atoms with van der Waals surface area (Å²) < 4.78 is 14.1. The van der Waals surface area contributed by atoms with Crippen LogP contribution in [-0.4, -0.2) is 35.7 Å². The lowest BCUT2D eigenvalue weighted by Gasteiger charge is -2.39. The van der Waals surface area contributed by atoms with E-state index in [1.165, 1.54) is 39.9 Å². The van der Waals surface area contributed by atoms with E-state index in [4.69, 9.17) is 0 Å². The second-order valence-corrected chi connectivity index (χ2v) is 10.2. The monoisotopic (exact) mass is 489 g/mol. The molecule has 5 rings (SSSR count). The minimum Gasteiger partial charge on any atom is -0.477 e. The maximum atomic E-state index is 14.1. The molecule has 1 fully saturated rings. The molecule has 0 saturated carbocycles. The predicted octanol–water partition coefficient (Wildman–Crippen LogP) is 6.09. The average Bonchev–Trinajstić information content (AvgIpc) is 3.38. The average molecular weight is 490 g/mol. The van der Waals surface area contributed by atoms with E-state index in [0.717, 1.165) is 25.1 Å². The third kappa shape index (κ3) is 5.06. The van der Waals surface area contributed by atoms with Gasteiger partial charge >= 0.3 is 5.97 Å². The summed E-state index contributed by atoms with van der Waals surface area (Å²) in [6, 6.07) is 21.9. The molecule has 7 heteroatoms. The first kappa shape index (κ1) is 23.5. The van der Waals surface area contributed by atoms with Crippen LogP contribution in [-0.2, 0) is 0 Å². The fraction of sp³-hybridized carbons (Fsp3) is 0.286. The van der Waals surface area contributed by atoms with Gasteiger partial charge in [-0.05, 0) is 59.8 Å². The molecule has 180 valence electrons. The van der Waals surface area contributed by atoms with Crippen LogP contribution in [0.5, 0.6) is 0 Å². The molecular formula is C28H28FN3O2S. The van der Waals surface area contributed by atoms with Gasteiger partial charge in [0.15, 0.2) is 5.13 Å². The molecule has 2 heterocycles. The number of nitrogens with zero attached hydrogens (tertiary/aromatic N) is 2. The number of carbonyl (C=O) groups is 1. The minimum absolute atomic E-state index is 0.101. The van der Waals surface area contributed by atoms with Crippen LogP contribution in [0.4, 0.5) is 9.52 Å². The van der Waals surface area contributed by atoms with Gasteiger partial charge in [0, 0.05) is 25.0 Å². The number of thiazole rings is 1. The van der Waals surface area contributed by atoms with Crippen molar-refractivity contribution < 1.29 is 14.3 Å². The number of anilines is 1. The molecule has 4 aromatic rings. The zero-order chi connectivity index (χ0) is 24.4. The number of nitrogens with one attached hydrogen (secondary N) is 1. The van der Waals surface area contributed by atoms with Gasteiger partial charge in [-0.1, -0.05) is 65.9 Å². The lowest BCUT2D eigenvalue weighted by molar-refractivity contribution is 0.0702. The van der Waals surface area contributed by atoms with Crippen molar-refractivity contribution in [3.05, 3.63) is 94.7 Å². The minimum atomic E-state index is -0.961. The lowest BCUT2D eigenvalue weighted by Crippen LogP contribution is -2.43. The molecule has 5 nitrogen and oxygen atoms in total. The van der Waals surface area contributed by atoms with E-state index in [-0.39, 0.29) is 22.7 Å². The number of rotatable bonds is 7. The van der Waals surface area contributed by atoms with Crippen molar-refractivity contribution in [1.82, 2.24) is 10.3 Å². The van der Waals surface area contributed by atoms with Crippen molar-refractivity contribution in [2.75, 3.05) is 24.5 Å². The highest BCUT2D eigenvalue weighted by molar-refractivity contribution is 7.17. The van der Waals surface area contributed by atoms with Crippen LogP contribution >= 0.6 is 11.3 Å². The Labute approximate surface area is 208 Å². The number of hydrogen-bond donors (Lipinski definition) is 2. The number of aromatic carboxylic acids is 1. The Morgan fingerprint density at radius 1 is 1.20 bits per heavy atom. The van der Waals surface area contributed by atoms with E-state index in [2.05, 4.69) is 64.6 Å². The van der Waals surface area contributed by atoms with Crippen molar-refractivity contribution in [1.29, 1.82) is 0 Å². The zero-order valence-corrected chi connectivity index (χ0v) is 20.3. The Morgan fingerprint density at radius 3 is 2.80 bits per heavy atom. The molecular weight excluding hydrogens is 461 g/mol. The van der Waals surface area contributed by atoms with Gasteiger partial charge in [-0.3, -0.25) is 0 Å². The molecule has 1 saturated heterocycles. The number of hydrogen-bond acceptors (Lipinski definition) is 5. The van der Waals surface area contributed by atoms with E-state index in [9.17, 15) is 14.3 Å². The second kappa shape index (κ2) is 10.1. The fourth-order valence-corrected chi connectivity index (χ4v) is 5.90. The highest BCUT2D eigenvalue weighted by Crippen LogP contribution is 2.36. The summed E-state index contributed by atoms with van der Waals surface area (Å²) in [6.45, 7) is 4.45. The predicted molar refractivity (Wildman–Crippen MR) is 139 cm³/mol. The van der Waals surface area contributed by atoms with Crippen molar-refractivity contribution in [2.45, 2.75) is 25.3 Å². The molecule has 0 aliphatic carbocycles. The first-order valence-corrected chi connectivity index (χ1v) is 12.7. The smallest absolute Gasteiger partial charge is 0.347 e. The Hall–Kier alpha value is -3.29. The molecule has 0 spiro atoms. The van der Waals surface area contributed by atoms with Crippen LogP contribution in [0.3, 0.4) is 0 Å². The molecule has 0 amide bonds. The molecule has 0 bridgehead atoms. The van der Waals surface area contributed by atoms with Crippen molar-refractivity contribution in [2.24, 2.45) is 5.92 Å². The van der Waals surface area contributed by atoms with E-state index in [0.29, 0.717) is 17.6 Å². The maximum absolute atomic E-state index is 14.1. The summed E-state index contributed by atoms with van der Waals surface area (Å²) >= 11 is 1.19. The van der Waals surface area contributed by atoms with Crippen LogP contribution in [0.25, 0.3) is 10.8 Å². The normalized spacial score (nSPS) is 19.1.